The van der Waals surface area contributed by atoms with E-state index >= 15 is 0 Å². The highest BCUT2D eigenvalue weighted by atomic mass is 32.2. The lowest BCUT2D eigenvalue weighted by atomic mass is 10.2. The highest BCUT2D eigenvalue weighted by molar-refractivity contribution is 7.27. The minimum Gasteiger partial charge on any atom is -0.391 e. The first-order valence-electron chi connectivity index (χ1n) is 5.43. The summed E-state index contributed by atoms with van der Waals surface area (Å²) in [5, 5.41) is 11.2. The molecule has 16 heavy (non-hydrogen) atoms. The zero-order valence-corrected chi connectivity index (χ0v) is 10.3. The number of aromatic nitrogens is 1. The normalized spacial score (nSPS) is 11.8. The first-order chi connectivity index (χ1) is 7.79. The van der Waals surface area contributed by atoms with Crippen LogP contribution in [0.4, 0.5) is 0 Å². The molecule has 1 unspecified atom stereocenters. The van der Waals surface area contributed by atoms with Gasteiger partial charge >= 0.3 is 5.51 Å². The van der Waals surface area contributed by atoms with Crippen molar-refractivity contribution < 1.29 is 9.67 Å². The minimum absolute atomic E-state index is 0.128. The van der Waals surface area contributed by atoms with Crippen LogP contribution in [0, 0.1) is 6.92 Å². The van der Waals surface area contributed by atoms with E-state index in [1.807, 2.05) is 6.07 Å². The van der Waals surface area contributed by atoms with Gasteiger partial charge in [0.15, 0.2) is 12.3 Å². The van der Waals surface area contributed by atoms with Crippen LogP contribution < -0.4 is 4.57 Å². The monoisotopic (exact) mass is 235 g/mol. The number of nitrogens with zero attached hydrogens (tertiary/aromatic N) is 1. The van der Waals surface area contributed by atoms with Gasteiger partial charge in [-0.1, -0.05) is 30.3 Å². The number of aryl methyl sites for hydroxylation is 1. The van der Waals surface area contributed by atoms with Gasteiger partial charge in [0.25, 0.3) is 0 Å². The fraction of sp³-hybridized carbons (Fsp3) is 0.308. The Kier molecular flexibility index (Phi) is 3.70. The van der Waals surface area contributed by atoms with Gasteiger partial charge in [0.2, 0.25) is 11.1 Å². The van der Waals surface area contributed by atoms with E-state index in [0.717, 1.165) is 12.3 Å². The number of aliphatic hydroxyl groups excluding tert-OH is 1. The molecule has 0 aliphatic carbocycles. The molecule has 2 aromatic rings. The van der Waals surface area contributed by atoms with Gasteiger partial charge in [-0.3, -0.25) is 0 Å². The summed E-state index contributed by atoms with van der Waals surface area (Å²) in [6, 6.07) is 10.5. The molecule has 0 bridgehead atoms. The summed E-state index contributed by atoms with van der Waals surface area (Å²) in [5.41, 5.74) is 4.85. The lowest BCUT2D eigenvalue weighted by Gasteiger charge is -1.93. The Morgan fingerprint density at radius 2 is 2.00 bits per heavy atom. The second-order valence-electron chi connectivity index (χ2n) is 3.88. The van der Waals surface area contributed by atoms with Crippen LogP contribution in [0.25, 0.3) is 0 Å². The molecule has 1 atom stereocenters. The van der Waals surface area contributed by atoms with Crippen molar-refractivity contribution in [1.82, 2.24) is 0 Å². The minimum atomic E-state index is 0.128. The Bertz CT molecular complexity index is 450. The van der Waals surface area contributed by atoms with E-state index in [-0.39, 0.29) is 17.1 Å². The molecule has 1 N–H and O–H groups in total. The van der Waals surface area contributed by atoms with Gasteiger partial charge in [0.05, 0.1) is 6.61 Å². The van der Waals surface area contributed by atoms with Crippen LogP contribution in [0.15, 0.2) is 41.2 Å². The second kappa shape index (κ2) is 5.23. The van der Waals surface area contributed by atoms with Gasteiger partial charge in [-0.05, 0) is 0 Å². The largest absolute Gasteiger partial charge is 0.391 e. The quantitative estimate of drug-likeness (QED) is 0.636. The molecule has 1 heterocycles. The third kappa shape index (κ3) is 2.68. The van der Waals surface area contributed by atoms with Crippen LogP contribution in [-0.4, -0.2) is 11.7 Å². The summed E-state index contributed by atoms with van der Waals surface area (Å²) in [6.45, 7) is 3.32. The first-order valence-corrected chi connectivity index (χ1v) is 6.95. The molecule has 0 spiro atoms. The van der Waals surface area contributed by atoms with Crippen LogP contribution >= 0.6 is 10.5 Å². The molecule has 0 amide bonds. The molecule has 2 rings (SSSR count). The van der Waals surface area contributed by atoms with Crippen molar-refractivity contribution in [3.63, 3.8) is 0 Å². The molecule has 0 radical (unpaired) electrons. The van der Waals surface area contributed by atoms with Gasteiger partial charge in [0.1, 0.15) is 0 Å². The Morgan fingerprint density at radius 3 is 2.69 bits per heavy atom. The zero-order chi connectivity index (χ0) is 11.4. The highest BCUT2D eigenvalue weighted by Gasteiger charge is 2.19. The van der Waals surface area contributed by atoms with E-state index < -0.39 is 0 Å². The number of thiazole rings is 1. The van der Waals surface area contributed by atoms with E-state index in [4.69, 9.17) is 5.11 Å². The van der Waals surface area contributed by atoms with Crippen LogP contribution in [0.3, 0.4) is 0 Å². The van der Waals surface area contributed by atoms with Crippen LogP contribution in [-0.2, 0) is 12.3 Å². The maximum absolute atomic E-state index is 8.93. The fourth-order valence-corrected chi connectivity index (χ4v) is 3.36. The fourth-order valence-electron chi connectivity index (χ4n) is 1.72. The topological polar surface area (TPSA) is 24.1 Å². The average molecular weight is 235 g/mol. The molecule has 1 aromatic heterocycles. The Hall–Kier alpha value is -1.19. The number of rotatable bonds is 4. The number of hydrogen-bond acceptors (Lipinski definition) is 1. The van der Waals surface area contributed by atoms with Gasteiger partial charge in [-0.2, -0.15) is 0 Å². The summed E-state index contributed by atoms with van der Waals surface area (Å²) in [7, 11) is 0.128. The SMILES string of the molecule is Cc1c[s+](CCO)c[n+]1Cc1ccccc1. The summed E-state index contributed by atoms with van der Waals surface area (Å²) >= 11 is 0. The molecule has 0 saturated carbocycles. The molecular weight excluding hydrogens is 218 g/mol. The van der Waals surface area contributed by atoms with Crippen molar-refractivity contribution >= 4 is 10.5 Å². The van der Waals surface area contributed by atoms with Gasteiger partial charge in [0, 0.05) is 23.0 Å². The molecule has 0 aliphatic heterocycles. The smallest absolute Gasteiger partial charge is 0.369 e. The Labute approximate surface area is 98.8 Å². The van der Waals surface area contributed by atoms with Crippen molar-refractivity contribution in [2.75, 3.05) is 6.61 Å². The van der Waals surface area contributed by atoms with Crippen molar-refractivity contribution in [2.24, 2.45) is 0 Å². The van der Waals surface area contributed by atoms with Crippen LogP contribution in [0.5, 0.6) is 0 Å². The summed E-state index contributed by atoms with van der Waals surface area (Å²) in [5.74, 6) is 0.850. The van der Waals surface area contributed by atoms with Crippen molar-refractivity contribution in [3.05, 3.63) is 52.5 Å². The van der Waals surface area contributed by atoms with E-state index in [0.29, 0.717) is 0 Å². The molecule has 2 nitrogen and oxygen atoms in total. The lowest BCUT2D eigenvalue weighted by Crippen LogP contribution is -2.34. The molecule has 84 valence electrons. The van der Waals surface area contributed by atoms with Crippen molar-refractivity contribution in [2.45, 2.75) is 19.2 Å². The lowest BCUT2D eigenvalue weighted by molar-refractivity contribution is -0.689. The average Bonchev–Trinajstić information content (AvgIpc) is 2.61. The van der Waals surface area contributed by atoms with Crippen LogP contribution in [0.2, 0.25) is 0 Å². The maximum Gasteiger partial charge on any atom is 0.369 e. The molecular formula is C13H17NOS+2. The maximum atomic E-state index is 8.93. The summed E-state index contributed by atoms with van der Waals surface area (Å²) in [6.07, 6.45) is 0. The Morgan fingerprint density at radius 1 is 1.25 bits per heavy atom. The summed E-state index contributed by atoms with van der Waals surface area (Å²) < 4.78 is 2.27. The van der Waals surface area contributed by atoms with E-state index in [1.54, 1.807) is 0 Å². The van der Waals surface area contributed by atoms with Gasteiger partial charge in [-0.25, -0.2) is 0 Å². The summed E-state index contributed by atoms with van der Waals surface area (Å²) in [4.78, 5) is 0. The highest BCUT2D eigenvalue weighted by Crippen LogP contribution is 2.17. The van der Waals surface area contributed by atoms with Gasteiger partial charge in [-0.15, -0.1) is 4.57 Å². The zero-order valence-electron chi connectivity index (χ0n) is 9.47. The molecule has 1 aromatic carbocycles. The third-order valence-corrected chi connectivity index (χ3v) is 4.38. The molecule has 0 fully saturated rings. The van der Waals surface area contributed by atoms with E-state index in [2.05, 4.69) is 46.6 Å². The molecule has 0 aliphatic rings. The van der Waals surface area contributed by atoms with E-state index in [9.17, 15) is 0 Å². The number of aliphatic hydroxyl groups is 1. The molecule has 0 saturated heterocycles. The first kappa shape index (κ1) is 11.3. The predicted octanol–water partition coefficient (Wildman–Crippen LogP) is 2.07. The number of hydrogen-bond donors (Lipinski definition) is 1. The molecule has 3 heteroatoms. The van der Waals surface area contributed by atoms with Gasteiger partial charge < -0.3 is 5.11 Å². The Balaban J connectivity index is 2.15. The van der Waals surface area contributed by atoms with E-state index in [1.165, 1.54) is 11.3 Å². The number of benzene rings is 1. The second-order valence-corrected chi connectivity index (χ2v) is 5.67. The van der Waals surface area contributed by atoms with Crippen molar-refractivity contribution in [1.29, 1.82) is 0 Å². The third-order valence-electron chi connectivity index (χ3n) is 2.56. The van der Waals surface area contributed by atoms with Crippen LogP contribution in [0.1, 0.15) is 11.3 Å². The standard InChI is InChI=1S/C13H17NOS/c1-12-10-16(8-7-15)11-14(12)9-13-5-3-2-4-6-13/h2-6,10-11,15H,7-9H2,1H3/q+2. The predicted molar refractivity (Wildman–Crippen MR) is 66.5 cm³/mol. The van der Waals surface area contributed by atoms with Crippen molar-refractivity contribution in [3.8, 4) is 0 Å².